The highest BCUT2D eigenvalue weighted by molar-refractivity contribution is 7.99. The first-order chi connectivity index (χ1) is 13.6. The van der Waals surface area contributed by atoms with Crippen molar-refractivity contribution in [2.24, 2.45) is 5.92 Å². The van der Waals surface area contributed by atoms with Gasteiger partial charge in [-0.2, -0.15) is 0 Å². The van der Waals surface area contributed by atoms with Gasteiger partial charge in [-0.15, -0.1) is 0 Å². The van der Waals surface area contributed by atoms with Gasteiger partial charge < -0.3 is 9.47 Å². The van der Waals surface area contributed by atoms with Crippen molar-refractivity contribution in [2.75, 3.05) is 17.2 Å². The van der Waals surface area contributed by atoms with E-state index in [4.69, 9.17) is 0 Å². The lowest BCUT2D eigenvalue weighted by Crippen LogP contribution is -2.30. The number of carbonyl (C=O) groups is 1. The van der Waals surface area contributed by atoms with E-state index in [1.807, 2.05) is 47.5 Å². The molecule has 2 heterocycles. The zero-order valence-electron chi connectivity index (χ0n) is 16.3. The molecular formula is C23H25N3OS. The normalized spacial score (nSPS) is 13.2. The second kappa shape index (κ2) is 8.23. The Bertz CT molecular complexity index is 965. The third kappa shape index (κ3) is 3.85. The Kier molecular flexibility index (Phi) is 5.53. The molecule has 0 saturated carbocycles. The molecule has 0 N–H and O–H groups in total. The van der Waals surface area contributed by atoms with Gasteiger partial charge in [-0.05, 0) is 29.5 Å². The Morgan fingerprint density at radius 2 is 1.86 bits per heavy atom. The van der Waals surface area contributed by atoms with Crippen LogP contribution in [0.3, 0.4) is 0 Å². The van der Waals surface area contributed by atoms with Crippen LogP contribution in [0.2, 0.25) is 0 Å². The number of benzene rings is 2. The van der Waals surface area contributed by atoms with Crippen LogP contribution in [0.1, 0.15) is 19.4 Å². The molecule has 1 aromatic heterocycles. The molecule has 0 unspecified atom stereocenters. The van der Waals surface area contributed by atoms with Crippen LogP contribution < -0.4 is 4.90 Å². The fourth-order valence-corrected chi connectivity index (χ4v) is 4.52. The topological polar surface area (TPSA) is 38.1 Å². The van der Waals surface area contributed by atoms with Gasteiger partial charge in [0, 0.05) is 18.8 Å². The highest BCUT2D eigenvalue weighted by atomic mass is 32.2. The van der Waals surface area contributed by atoms with Gasteiger partial charge in [0.1, 0.15) is 0 Å². The number of carbonyl (C=O) groups excluding carboxylic acids is 1. The number of rotatable bonds is 6. The molecule has 0 bridgehead atoms. The second-order valence-electron chi connectivity index (χ2n) is 7.51. The molecule has 0 spiro atoms. The van der Waals surface area contributed by atoms with Crippen molar-refractivity contribution >= 4 is 23.4 Å². The standard InChI is InChI=1S/C23H25N3OS/c1-17(2)15-26-21(18-8-4-3-5-9-18)14-24-23(26)28-16-22(27)25-13-12-19-10-6-7-11-20(19)25/h3-11,14,17H,12-13,15-16H2,1-2H3. The Morgan fingerprint density at radius 1 is 1.11 bits per heavy atom. The Hall–Kier alpha value is -2.53. The monoisotopic (exact) mass is 391 g/mol. The summed E-state index contributed by atoms with van der Waals surface area (Å²) in [6.45, 7) is 6.06. The van der Waals surface area contributed by atoms with Gasteiger partial charge >= 0.3 is 0 Å². The van der Waals surface area contributed by atoms with E-state index < -0.39 is 0 Å². The first kappa shape index (κ1) is 18.8. The van der Waals surface area contributed by atoms with E-state index in [0.29, 0.717) is 11.7 Å². The van der Waals surface area contributed by atoms with Gasteiger partial charge in [0.15, 0.2) is 5.16 Å². The molecule has 144 valence electrons. The summed E-state index contributed by atoms with van der Waals surface area (Å²) < 4.78 is 2.25. The average molecular weight is 392 g/mol. The lowest BCUT2D eigenvalue weighted by molar-refractivity contribution is -0.116. The van der Waals surface area contributed by atoms with Crippen molar-refractivity contribution < 1.29 is 4.79 Å². The van der Waals surface area contributed by atoms with Crippen molar-refractivity contribution in [3.05, 3.63) is 66.4 Å². The van der Waals surface area contributed by atoms with E-state index >= 15 is 0 Å². The zero-order chi connectivity index (χ0) is 19.5. The van der Waals surface area contributed by atoms with E-state index in [9.17, 15) is 4.79 Å². The first-order valence-corrected chi connectivity index (χ1v) is 10.7. The molecule has 1 aliphatic heterocycles. The van der Waals surface area contributed by atoms with Crippen molar-refractivity contribution in [1.29, 1.82) is 0 Å². The van der Waals surface area contributed by atoms with E-state index in [1.165, 1.54) is 17.3 Å². The van der Waals surface area contributed by atoms with Gasteiger partial charge in [-0.25, -0.2) is 4.98 Å². The van der Waals surface area contributed by atoms with Gasteiger partial charge in [-0.1, -0.05) is 74.1 Å². The summed E-state index contributed by atoms with van der Waals surface area (Å²) in [5.74, 6) is 1.05. The molecule has 0 aliphatic carbocycles. The van der Waals surface area contributed by atoms with Crippen molar-refractivity contribution in [3.8, 4) is 11.3 Å². The van der Waals surface area contributed by atoms with Crippen LogP contribution in [0.25, 0.3) is 11.3 Å². The molecule has 3 aromatic rings. The Morgan fingerprint density at radius 3 is 2.64 bits per heavy atom. The number of hydrogen-bond acceptors (Lipinski definition) is 3. The number of fused-ring (bicyclic) bond motifs is 1. The van der Waals surface area contributed by atoms with Crippen molar-refractivity contribution in [2.45, 2.75) is 32.0 Å². The predicted molar refractivity (Wildman–Crippen MR) is 116 cm³/mol. The van der Waals surface area contributed by atoms with Gasteiger partial charge in [0.05, 0.1) is 17.6 Å². The summed E-state index contributed by atoms with van der Waals surface area (Å²) in [6.07, 6.45) is 2.86. The number of imidazole rings is 1. The minimum absolute atomic E-state index is 0.148. The van der Waals surface area contributed by atoms with Crippen molar-refractivity contribution in [3.63, 3.8) is 0 Å². The van der Waals surface area contributed by atoms with Gasteiger partial charge in [0.2, 0.25) is 5.91 Å². The number of thioether (sulfide) groups is 1. The summed E-state index contributed by atoms with van der Waals surface area (Å²) >= 11 is 1.53. The molecule has 1 amide bonds. The SMILES string of the molecule is CC(C)Cn1c(-c2ccccc2)cnc1SCC(=O)N1CCc2ccccc21. The van der Waals surface area contributed by atoms with Crippen LogP contribution in [0.4, 0.5) is 5.69 Å². The predicted octanol–water partition coefficient (Wildman–Crippen LogP) is 4.89. The molecule has 4 nitrogen and oxygen atoms in total. The van der Waals surface area contributed by atoms with Crippen LogP contribution in [0, 0.1) is 5.92 Å². The van der Waals surface area contributed by atoms with Crippen LogP contribution in [0.5, 0.6) is 0 Å². The van der Waals surface area contributed by atoms with Crippen molar-refractivity contribution in [1.82, 2.24) is 9.55 Å². The van der Waals surface area contributed by atoms with E-state index in [2.05, 4.69) is 41.6 Å². The quantitative estimate of drug-likeness (QED) is 0.562. The Balaban J connectivity index is 1.52. The first-order valence-electron chi connectivity index (χ1n) is 9.75. The molecule has 2 aromatic carbocycles. The second-order valence-corrected chi connectivity index (χ2v) is 8.45. The molecule has 5 heteroatoms. The summed E-state index contributed by atoms with van der Waals surface area (Å²) in [7, 11) is 0. The van der Waals surface area contributed by atoms with Gasteiger partial charge in [-0.3, -0.25) is 4.79 Å². The maximum Gasteiger partial charge on any atom is 0.237 e. The van der Waals surface area contributed by atoms with Gasteiger partial charge in [0.25, 0.3) is 0 Å². The zero-order valence-corrected chi connectivity index (χ0v) is 17.2. The van der Waals surface area contributed by atoms with E-state index in [0.717, 1.165) is 41.6 Å². The minimum atomic E-state index is 0.148. The molecule has 0 atom stereocenters. The fourth-order valence-electron chi connectivity index (χ4n) is 3.66. The Labute approximate surface area is 170 Å². The number of para-hydroxylation sites is 1. The number of nitrogens with zero attached hydrogens (tertiary/aromatic N) is 3. The third-order valence-corrected chi connectivity index (χ3v) is 5.92. The van der Waals surface area contributed by atoms with E-state index in [-0.39, 0.29) is 5.91 Å². The average Bonchev–Trinajstić information content (AvgIpc) is 3.31. The molecule has 0 radical (unpaired) electrons. The summed E-state index contributed by atoms with van der Waals surface area (Å²) in [4.78, 5) is 19.4. The molecule has 4 rings (SSSR count). The summed E-state index contributed by atoms with van der Waals surface area (Å²) in [6, 6.07) is 18.5. The number of anilines is 1. The maximum absolute atomic E-state index is 12.9. The smallest absolute Gasteiger partial charge is 0.237 e. The minimum Gasteiger partial charge on any atom is -0.319 e. The highest BCUT2D eigenvalue weighted by Gasteiger charge is 2.24. The maximum atomic E-state index is 12.9. The van der Waals surface area contributed by atoms with Crippen LogP contribution in [0.15, 0.2) is 66.0 Å². The van der Waals surface area contributed by atoms with Crippen LogP contribution in [-0.2, 0) is 17.8 Å². The molecule has 0 saturated heterocycles. The number of hydrogen-bond donors (Lipinski definition) is 0. The summed E-state index contributed by atoms with van der Waals surface area (Å²) in [5.41, 5.74) is 4.58. The lowest BCUT2D eigenvalue weighted by atomic mass is 10.1. The van der Waals surface area contributed by atoms with Crippen LogP contribution >= 0.6 is 11.8 Å². The summed E-state index contributed by atoms with van der Waals surface area (Å²) in [5, 5.41) is 0.911. The van der Waals surface area contributed by atoms with E-state index in [1.54, 1.807) is 0 Å². The molecule has 1 aliphatic rings. The number of amides is 1. The molecule has 28 heavy (non-hydrogen) atoms. The largest absolute Gasteiger partial charge is 0.319 e. The fraction of sp³-hybridized carbons (Fsp3) is 0.304. The molecular weight excluding hydrogens is 366 g/mol. The molecule has 0 fully saturated rings. The number of aromatic nitrogens is 2. The van der Waals surface area contributed by atoms with Crippen LogP contribution in [-0.4, -0.2) is 27.8 Å². The highest BCUT2D eigenvalue weighted by Crippen LogP contribution is 2.30. The third-order valence-electron chi connectivity index (χ3n) is 4.95. The lowest BCUT2D eigenvalue weighted by Gasteiger charge is -2.18.